The van der Waals surface area contributed by atoms with E-state index in [2.05, 4.69) is 32.1 Å². The van der Waals surface area contributed by atoms with Gasteiger partial charge in [-0.1, -0.05) is 42.5 Å². The number of hydrogen-bond acceptors (Lipinski definition) is 6. The molecule has 3 N–H and O–H groups in total. The molecule has 1 saturated carbocycles. The lowest BCUT2D eigenvalue weighted by Gasteiger charge is -2.36. The molecule has 2 aromatic carbocycles. The molecule has 36 heavy (non-hydrogen) atoms. The van der Waals surface area contributed by atoms with Gasteiger partial charge in [-0.15, -0.1) is 0 Å². The lowest BCUT2D eigenvalue weighted by Crippen LogP contribution is -2.38. The normalized spacial score (nSPS) is 17.0. The van der Waals surface area contributed by atoms with Crippen LogP contribution in [-0.4, -0.2) is 40.2 Å². The molecule has 0 bridgehead atoms. The number of carbonyl (C=O) groups is 1. The van der Waals surface area contributed by atoms with Gasteiger partial charge in [-0.05, 0) is 48.9 Å². The second kappa shape index (κ2) is 10.8. The highest BCUT2D eigenvalue weighted by atomic mass is 16.5. The van der Waals surface area contributed by atoms with Crippen molar-refractivity contribution in [2.24, 2.45) is 5.92 Å². The van der Waals surface area contributed by atoms with E-state index in [1.807, 2.05) is 55.5 Å². The van der Waals surface area contributed by atoms with E-state index in [-0.39, 0.29) is 12.5 Å². The highest BCUT2D eigenvalue weighted by Gasteiger charge is 2.32. The molecule has 1 fully saturated rings. The van der Waals surface area contributed by atoms with Gasteiger partial charge in [0.15, 0.2) is 0 Å². The zero-order valence-corrected chi connectivity index (χ0v) is 20.4. The second-order valence-electron chi connectivity index (χ2n) is 9.14. The Balaban J connectivity index is 1.33. The molecule has 5 rings (SSSR count). The molecule has 0 spiro atoms. The van der Waals surface area contributed by atoms with Crippen LogP contribution in [0.4, 0.5) is 5.82 Å². The summed E-state index contributed by atoms with van der Waals surface area (Å²) in [5, 5.41) is 3.82. The van der Waals surface area contributed by atoms with Crippen LogP contribution in [-0.2, 0) is 16.1 Å². The third kappa shape index (κ3) is 5.18. The number of anilines is 1. The number of nitrogens with one attached hydrogen (secondary N) is 1. The number of hydrogen-bond donors (Lipinski definition) is 2. The van der Waals surface area contributed by atoms with Crippen LogP contribution >= 0.6 is 0 Å². The van der Waals surface area contributed by atoms with Crippen LogP contribution in [0.25, 0.3) is 22.2 Å². The number of carbonyl (C=O) groups excluding carboxylic acids is 1. The Morgan fingerprint density at radius 2 is 1.97 bits per heavy atom. The monoisotopic (exact) mass is 485 g/mol. The minimum atomic E-state index is -0.0659. The Labute approximate surface area is 210 Å². The summed E-state index contributed by atoms with van der Waals surface area (Å²) < 4.78 is 13.4. The first-order chi connectivity index (χ1) is 17.6. The smallest absolute Gasteiger partial charge is 0.246 e. The van der Waals surface area contributed by atoms with E-state index in [1.165, 1.54) is 6.33 Å². The highest BCUT2D eigenvalue weighted by Crippen LogP contribution is 2.42. The summed E-state index contributed by atoms with van der Waals surface area (Å²) in [6.45, 7) is 3.69. The molecule has 2 heterocycles. The van der Waals surface area contributed by atoms with Gasteiger partial charge >= 0.3 is 0 Å². The van der Waals surface area contributed by atoms with E-state index in [0.717, 1.165) is 46.3 Å². The fourth-order valence-electron chi connectivity index (χ4n) is 4.70. The van der Waals surface area contributed by atoms with Gasteiger partial charge in [-0.3, -0.25) is 4.79 Å². The Morgan fingerprint density at radius 3 is 2.78 bits per heavy atom. The lowest BCUT2D eigenvalue weighted by molar-refractivity contribution is -0.125. The minimum Gasteiger partial charge on any atom is -0.489 e. The first-order valence-corrected chi connectivity index (χ1v) is 12.3. The number of aromatic nitrogens is 3. The van der Waals surface area contributed by atoms with Crippen LogP contribution in [0, 0.1) is 5.92 Å². The third-order valence-electron chi connectivity index (χ3n) is 6.66. The Bertz CT molecular complexity index is 1330. The van der Waals surface area contributed by atoms with Crippen LogP contribution in [0.15, 0.2) is 67.1 Å². The van der Waals surface area contributed by atoms with E-state index in [1.54, 1.807) is 0 Å². The maximum atomic E-state index is 11.8. The molecule has 1 amide bonds. The predicted molar refractivity (Wildman–Crippen MR) is 139 cm³/mol. The standard InChI is InChI=1S/C28H31N5O3/c1-2-35-17-25(34)30-14-20-11-22(12-20)33-15-24(26-27(29)31-18-32-28(26)33)21-9-6-10-23(13-21)36-16-19-7-4-3-5-8-19/h3-10,13,15,18,20,22H,2,11-12,14,16-17H2,1H3,(H,30,34)(H2,29,31,32)/t20-,22-. The number of fused-ring (bicyclic) bond motifs is 1. The number of ether oxygens (including phenoxy) is 2. The molecular formula is C28H31N5O3. The number of amides is 1. The molecule has 0 atom stereocenters. The molecule has 186 valence electrons. The van der Waals surface area contributed by atoms with E-state index in [0.29, 0.717) is 37.5 Å². The zero-order chi connectivity index (χ0) is 24.9. The Hall–Kier alpha value is -3.91. The fourth-order valence-corrected chi connectivity index (χ4v) is 4.70. The topological polar surface area (TPSA) is 104 Å². The summed E-state index contributed by atoms with van der Waals surface area (Å²) in [5.41, 5.74) is 10.3. The number of benzene rings is 2. The van der Waals surface area contributed by atoms with Gasteiger partial charge in [-0.2, -0.15) is 0 Å². The summed E-state index contributed by atoms with van der Waals surface area (Å²) in [4.78, 5) is 20.7. The first-order valence-electron chi connectivity index (χ1n) is 12.3. The van der Waals surface area contributed by atoms with Gasteiger partial charge in [0, 0.05) is 31.0 Å². The van der Waals surface area contributed by atoms with Crippen LogP contribution in [0.1, 0.15) is 31.4 Å². The van der Waals surface area contributed by atoms with Gasteiger partial charge in [0.1, 0.15) is 36.8 Å². The van der Waals surface area contributed by atoms with Gasteiger partial charge in [-0.25, -0.2) is 9.97 Å². The van der Waals surface area contributed by atoms with E-state index in [9.17, 15) is 4.79 Å². The summed E-state index contributed by atoms with van der Waals surface area (Å²) in [7, 11) is 0. The van der Waals surface area contributed by atoms with Crippen molar-refractivity contribution in [2.75, 3.05) is 25.5 Å². The lowest BCUT2D eigenvalue weighted by atomic mass is 9.80. The van der Waals surface area contributed by atoms with Crippen molar-refractivity contribution < 1.29 is 14.3 Å². The summed E-state index contributed by atoms with van der Waals surface area (Å²) in [6.07, 6.45) is 5.56. The molecule has 0 radical (unpaired) electrons. The van der Waals surface area contributed by atoms with Crippen molar-refractivity contribution >= 4 is 22.8 Å². The maximum Gasteiger partial charge on any atom is 0.246 e. The molecule has 1 aliphatic rings. The number of nitrogens with two attached hydrogens (primary N) is 1. The SMILES string of the molecule is CCOCC(=O)NC[C@H]1C[C@H](n2cc(-c3cccc(OCc4ccccc4)c3)c3c(N)ncnc32)C1. The van der Waals surface area contributed by atoms with Gasteiger partial charge < -0.3 is 25.1 Å². The molecule has 2 aromatic heterocycles. The second-order valence-corrected chi connectivity index (χ2v) is 9.14. The molecule has 4 aromatic rings. The molecule has 8 heteroatoms. The summed E-state index contributed by atoms with van der Waals surface area (Å²) >= 11 is 0. The molecular weight excluding hydrogens is 454 g/mol. The van der Waals surface area contributed by atoms with Crippen LogP contribution in [0.2, 0.25) is 0 Å². The van der Waals surface area contributed by atoms with E-state index < -0.39 is 0 Å². The minimum absolute atomic E-state index is 0.0659. The molecule has 0 aliphatic heterocycles. The quantitative estimate of drug-likeness (QED) is 0.346. The number of rotatable bonds is 10. The number of nitrogen functional groups attached to an aromatic ring is 1. The van der Waals surface area contributed by atoms with Crippen molar-refractivity contribution in [3.05, 3.63) is 72.7 Å². The van der Waals surface area contributed by atoms with Gasteiger partial charge in [0.2, 0.25) is 5.91 Å². The average molecular weight is 486 g/mol. The largest absolute Gasteiger partial charge is 0.489 e. The molecule has 0 saturated heterocycles. The first kappa shape index (κ1) is 23.8. The third-order valence-corrected chi connectivity index (χ3v) is 6.66. The predicted octanol–water partition coefficient (Wildman–Crippen LogP) is 4.36. The van der Waals surface area contributed by atoms with Crippen molar-refractivity contribution in [1.29, 1.82) is 0 Å². The van der Waals surface area contributed by atoms with Gasteiger partial charge in [0.05, 0.1) is 5.39 Å². The van der Waals surface area contributed by atoms with Crippen molar-refractivity contribution in [2.45, 2.75) is 32.4 Å². The van der Waals surface area contributed by atoms with Crippen LogP contribution < -0.4 is 15.8 Å². The zero-order valence-electron chi connectivity index (χ0n) is 20.4. The van der Waals surface area contributed by atoms with Crippen molar-refractivity contribution in [3.8, 4) is 16.9 Å². The highest BCUT2D eigenvalue weighted by molar-refractivity contribution is 6.00. The van der Waals surface area contributed by atoms with Gasteiger partial charge in [0.25, 0.3) is 0 Å². The van der Waals surface area contributed by atoms with Crippen LogP contribution in [0.3, 0.4) is 0 Å². The van der Waals surface area contributed by atoms with Crippen molar-refractivity contribution in [1.82, 2.24) is 19.9 Å². The van der Waals surface area contributed by atoms with Crippen LogP contribution in [0.5, 0.6) is 5.75 Å². The Morgan fingerprint density at radius 1 is 1.14 bits per heavy atom. The Kier molecular flexibility index (Phi) is 7.13. The van der Waals surface area contributed by atoms with E-state index >= 15 is 0 Å². The summed E-state index contributed by atoms with van der Waals surface area (Å²) in [5.74, 6) is 1.61. The molecule has 8 nitrogen and oxygen atoms in total. The molecule has 1 aliphatic carbocycles. The average Bonchev–Trinajstić information content (AvgIpc) is 3.27. The fraction of sp³-hybridized carbons (Fsp3) is 0.321. The summed E-state index contributed by atoms with van der Waals surface area (Å²) in [6, 6.07) is 18.4. The number of nitrogens with zero attached hydrogens (tertiary/aromatic N) is 3. The maximum absolute atomic E-state index is 11.8. The van der Waals surface area contributed by atoms with E-state index in [4.69, 9.17) is 15.2 Å². The van der Waals surface area contributed by atoms with Crippen molar-refractivity contribution in [3.63, 3.8) is 0 Å². The molecule has 0 unspecified atom stereocenters.